The molecule has 1 heterocycles. The van der Waals surface area contributed by atoms with Crippen molar-refractivity contribution in [1.29, 1.82) is 0 Å². The minimum absolute atomic E-state index is 0. The first-order valence-electron chi connectivity index (χ1n) is 8.93. The van der Waals surface area contributed by atoms with Crippen molar-refractivity contribution in [1.82, 2.24) is 0 Å². The Balaban J connectivity index is 0.00000156. The zero-order chi connectivity index (χ0) is 15.2. The number of aliphatic hydroxyl groups excluding tert-OH is 1. The topological polar surface area (TPSA) is 24.7 Å². The molecule has 2 saturated carbocycles. The molecule has 1 aliphatic heterocycles. The van der Waals surface area contributed by atoms with E-state index < -0.39 is 0 Å². The third-order valence-electron chi connectivity index (χ3n) is 6.59. The number of halogens is 2. The smallest absolute Gasteiger partial charge is 0.112 e. The Morgan fingerprint density at radius 3 is 2.26 bits per heavy atom. The lowest BCUT2D eigenvalue weighted by Crippen LogP contribution is -3.15. The fourth-order valence-electron chi connectivity index (χ4n) is 5.24. The van der Waals surface area contributed by atoms with E-state index in [2.05, 4.69) is 12.1 Å². The van der Waals surface area contributed by atoms with Gasteiger partial charge in [0.2, 0.25) is 0 Å². The van der Waals surface area contributed by atoms with E-state index in [-0.39, 0.29) is 23.9 Å². The summed E-state index contributed by atoms with van der Waals surface area (Å²) in [6, 6.07) is 8.19. The van der Waals surface area contributed by atoms with Gasteiger partial charge >= 0.3 is 0 Å². The predicted octanol–water partition coefficient (Wildman–Crippen LogP) is -0.559. The van der Waals surface area contributed by atoms with Gasteiger partial charge in [0.05, 0.1) is 13.1 Å². The molecule has 23 heavy (non-hydrogen) atoms. The molecule has 4 heteroatoms. The third-order valence-corrected chi connectivity index (χ3v) is 6.84. The summed E-state index contributed by atoms with van der Waals surface area (Å²) >= 11 is 6.03. The second kappa shape index (κ2) is 6.92. The third kappa shape index (κ3) is 3.28. The normalized spacial score (nSPS) is 32.7. The molecule has 0 aromatic heterocycles. The monoisotopic (exact) mass is 355 g/mol. The maximum atomic E-state index is 11.0. The van der Waals surface area contributed by atoms with Gasteiger partial charge in [0, 0.05) is 22.3 Å². The standard InChI is InChI=1S/C19H26ClNO.ClH/c20-17-6-4-16(5-7-17)19(8-1-9-19)18(22)13-21-11-14-2-3-15(10-14)12-21;/h4-7,14-15,18,22H,1-3,8-13H2;1H. The van der Waals surface area contributed by atoms with E-state index in [0.717, 1.165) is 36.2 Å². The lowest BCUT2D eigenvalue weighted by Gasteiger charge is -2.47. The molecule has 1 aromatic rings. The number of rotatable bonds is 4. The van der Waals surface area contributed by atoms with Crippen LogP contribution in [0.5, 0.6) is 0 Å². The summed E-state index contributed by atoms with van der Waals surface area (Å²) in [5, 5.41) is 11.8. The van der Waals surface area contributed by atoms with Crippen molar-refractivity contribution in [2.75, 3.05) is 19.6 Å². The van der Waals surface area contributed by atoms with Crippen LogP contribution in [0.4, 0.5) is 0 Å². The average Bonchev–Trinajstić information content (AvgIpc) is 2.79. The Bertz CT molecular complexity index is 517. The molecule has 2 nitrogen and oxygen atoms in total. The minimum Gasteiger partial charge on any atom is -1.00 e. The number of piperidine rings is 1. The first-order valence-corrected chi connectivity index (χ1v) is 9.31. The largest absolute Gasteiger partial charge is 1.00 e. The molecule has 3 fully saturated rings. The van der Waals surface area contributed by atoms with E-state index in [1.54, 1.807) is 4.90 Å². The van der Waals surface area contributed by atoms with Crippen LogP contribution in [0.25, 0.3) is 0 Å². The van der Waals surface area contributed by atoms with E-state index >= 15 is 0 Å². The van der Waals surface area contributed by atoms with Crippen LogP contribution in [0.3, 0.4) is 0 Å². The van der Waals surface area contributed by atoms with Crippen LogP contribution in [0, 0.1) is 11.8 Å². The van der Waals surface area contributed by atoms with Crippen molar-refractivity contribution >= 4 is 11.6 Å². The maximum absolute atomic E-state index is 11.0. The first-order chi connectivity index (χ1) is 10.7. The number of likely N-dealkylation sites (tertiary alicyclic amines) is 1. The van der Waals surface area contributed by atoms with Gasteiger partial charge in [-0.25, -0.2) is 0 Å². The molecule has 2 N–H and O–H groups in total. The van der Waals surface area contributed by atoms with Gasteiger partial charge in [-0.1, -0.05) is 30.2 Å². The van der Waals surface area contributed by atoms with Gasteiger partial charge in [-0.2, -0.15) is 0 Å². The zero-order valence-corrected chi connectivity index (χ0v) is 15.1. The molecule has 1 saturated heterocycles. The molecular formula is C19H27Cl2NO. The number of hydrogen-bond donors (Lipinski definition) is 2. The molecule has 3 atom stereocenters. The Labute approximate surface area is 150 Å². The van der Waals surface area contributed by atoms with Crippen LogP contribution in [0.2, 0.25) is 5.02 Å². The molecule has 3 aliphatic rings. The number of aliphatic hydroxyl groups is 1. The molecule has 1 aromatic carbocycles. The van der Waals surface area contributed by atoms with Crippen molar-refractivity contribution in [2.24, 2.45) is 11.8 Å². The van der Waals surface area contributed by atoms with E-state index in [9.17, 15) is 5.11 Å². The Kier molecular flexibility index (Phi) is 5.27. The highest BCUT2D eigenvalue weighted by molar-refractivity contribution is 6.30. The highest BCUT2D eigenvalue weighted by atomic mass is 35.5. The maximum Gasteiger partial charge on any atom is 0.112 e. The summed E-state index contributed by atoms with van der Waals surface area (Å²) in [5.41, 5.74) is 1.28. The van der Waals surface area contributed by atoms with E-state index in [1.165, 1.54) is 44.3 Å². The van der Waals surface area contributed by atoms with E-state index in [1.807, 2.05) is 12.1 Å². The van der Waals surface area contributed by atoms with Gasteiger partial charge < -0.3 is 22.4 Å². The molecule has 2 bridgehead atoms. The van der Waals surface area contributed by atoms with Gasteiger partial charge in [0.25, 0.3) is 0 Å². The molecule has 0 radical (unpaired) electrons. The summed E-state index contributed by atoms with van der Waals surface area (Å²) in [7, 11) is 0. The Morgan fingerprint density at radius 1 is 1.13 bits per heavy atom. The lowest BCUT2D eigenvalue weighted by atomic mass is 9.61. The van der Waals surface area contributed by atoms with Crippen LogP contribution in [0.1, 0.15) is 44.1 Å². The van der Waals surface area contributed by atoms with Gasteiger partial charge in [0.1, 0.15) is 12.6 Å². The number of fused-ring (bicyclic) bond motifs is 2. The number of hydrogen-bond acceptors (Lipinski definition) is 1. The van der Waals surface area contributed by atoms with Crippen molar-refractivity contribution in [3.05, 3.63) is 34.9 Å². The predicted molar refractivity (Wildman–Crippen MR) is 89.4 cm³/mol. The Hall–Kier alpha value is -0.280. The van der Waals surface area contributed by atoms with E-state index in [0.29, 0.717) is 0 Å². The van der Waals surface area contributed by atoms with Gasteiger partial charge in [0.15, 0.2) is 0 Å². The summed E-state index contributed by atoms with van der Waals surface area (Å²) in [6.07, 6.45) is 7.56. The second-order valence-electron chi connectivity index (χ2n) is 7.94. The van der Waals surface area contributed by atoms with Crippen LogP contribution in [-0.4, -0.2) is 30.8 Å². The molecule has 2 aliphatic carbocycles. The van der Waals surface area contributed by atoms with Gasteiger partial charge in [-0.05, 0) is 49.8 Å². The van der Waals surface area contributed by atoms with Crippen LogP contribution in [0.15, 0.2) is 24.3 Å². The van der Waals surface area contributed by atoms with Gasteiger partial charge in [-0.15, -0.1) is 0 Å². The van der Waals surface area contributed by atoms with Gasteiger partial charge in [-0.3, -0.25) is 0 Å². The summed E-state index contributed by atoms with van der Waals surface area (Å²) < 4.78 is 0. The number of nitrogens with one attached hydrogen (secondary N) is 1. The number of quaternary nitrogens is 1. The quantitative estimate of drug-likeness (QED) is 0.743. The Morgan fingerprint density at radius 2 is 1.74 bits per heavy atom. The fourth-order valence-corrected chi connectivity index (χ4v) is 5.36. The number of benzene rings is 1. The molecule has 0 amide bonds. The SMILES string of the molecule is OC(C[NH+]1CC2CCC(C2)C1)C1(c2ccc(Cl)cc2)CCC1.[Cl-]. The van der Waals surface area contributed by atoms with Crippen molar-refractivity contribution in [3.8, 4) is 0 Å². The second-order valence-corrected chi connectivity index (χ2v) is 8.38. The summed E-state index contributed by atoms with van der Waals surface area (Å²) in [5.74, 6) is 1.85. The summed E-state index contributed by atoms with van der Waals surface area (Å²) in [6.45, 7) is 3.49. The van der Waals surface area contributed by atoms with Crippen molar-refractivity contribution < 1.29 is 22.4 Å². The molecule has 4 rings (SSSR count). The van der Waals surface area contributed by atoms with E-state index in [4.69, 9.17) is 11.6 Å². The molecule has 128 valence electrons. The minimum atomic E-state index is -0.213. The highest BCUT2D eigenvalue weighted by Gasteiger charge is 2.47. The molecule has 0 spiro atoms. The summed E-state index contributed by atoms with van der Waals surface area (Å²) in [4.78, 5) is 1.64. The van der Waals surface area contributed by atoms with Crippen LogP contribution >= 0.6 is 11.6 Å². The van der Waals surface area contributed by atoms with Crippen LogP contribution in [-0.2, 0) is 5.41 Å². The molecular weight excluding hydrogens is 329 g/mol. The highest BCUT2D eigenvalue weighted by Crippen LogP contribution is 2.46. The fraction of sp³-hybridized carbons (Fsp3) is 0.684. The van der Waals surface area contributed by atoms with Crippen molar-refractivity contribution in [2.45, 2.75) is 50.0 Å². The lowest BCUT2D eigenvalue weighted by molar-refractivity contribution is -0.914. The van der Waals surface area contributed by atoms with Crippen LogP contribution < -0.4 is 17.3 Å². The first kappa shape index (κ1) is 17.5. The average molecular weight is 356 g/mol. The molecule has 3 unspecified atom stereocenters. The zero-order valence-electron chi connectivity index (χ0n) is 13.6. The van der Waals surface area contributed by atoms with Crippen molar-refractivity contribution in [3.63, 3.8) is 0 Å².